The van der Waals surface area contributed by atoms with Crippen molar-refractivity contribution in [2.45, 2.75) is 32.7 Å². The predicted molar refractivity (Wildman–Crippen MR) is 152 cm³/mol. The highest BCUT2D eigenvalue weighted by Crippen LogP contribution is 2.38. The van der Waals surface area contributed by atoms with E-state index < -0.39 is 0 Å². The van der Waals surface area contributed by atoms with Gasteiger partial charge in [-0.2, -0.15) is 0 Å². The average Bonchev–Trinajstić information content (AvgIpc) is 3.30. The topological polar surface area (TPSA) is 64.3 Å². The summed E-state index contributed by atoms with van der Waals surface area (Å²) in [5, 5.41) is 5.29. The van der Waals surface area contributed by atoms with E-state index in [2.05, 4.69) is 60.2 Å². The Balaban J connectivity index is 1.40. The SMILES string of the molecule is Cc1c[nH]c2ncc(-c3ccccc3)c(N3CCN(C(=O)C(CNC(C)C)c4ccc(Cl)cc4)CC3)c12. The van der Waals surface area contributed by atoms with Crippen LogP contribution < -0.4 is 10.2 Å². The summed E-state index contributed by atoms with van der Waals surface area (Å²) in [4.78, 5) is 26.2. The minimum Gasteiger partial charge on any atom is -0.367 e. The summed E-state index contributed by atoms with van der Waals surface area (Å²) in [7, 11) is 0. The predicted octanol–water partition coefficient (Wildman–Crippen LogP) is 5.62. The summed E-state index contributed by atoms with van der Waals surface area (Å²) in [5.74, 6) is -0.0817. The van der Waals surface area contributed by atoms with E-state index in [0.717, 1.165) is 40.8 Å². The van der Waals surface area contributed by atoms with Crippen LogP contribution >= 0.6 is 11.6 Å². The zero-order valence-electron chi connectivity index (χ0n) is 21.7. The van der Waals surface area contributed by atoms with Crippen molar-refractivity contribution >= 4 is 34.2 Å². The number of halogens is 1. The number of H-pyrrole nitrogens is 1. The number of carbonyl (C=O) groups is 1. The van der Waals surface area contributed by atoms with Gasteiger partial charge < -0.3 is 20.1 Å². The number of aromatic nitrogens is 2. The van der Waals surface area contributed by atoms with E-state index in [1.165, 1.54) is 11.3 Å². The summed E-state index contributed by atoms with van der Waals surface area (Å²) in [6.45, 7) is 9.80. The van der Waals surface area contributed by atoms with Gasteiger partial charge in [0, 0.05) is 67.1 Å². The molecule has 0 aliphatic carbocycles. The molecule has 2 aromatic heterocycles. The number of benzene rings is 2. The molecule has 1 saturated heterocycles. The van der Waals surface area contributed by atoms with Gasteiger partial charge in [-0.1, -0.05) is 67.9 Å². The molecule has 37 heavy (non-hydrogen) atoms. The number of anilines is 1. The lowest BCUT2D eigenvalue weighted by Crippen LogP contribution is -2.51. The van der Waals surface area contributed by atoms with E-state index in [9.17, 15) is 4.79 Å². The van der Waals surface area contributed by atoms with Gasteiger partial charge >= 0.3 is 0 Å². The molecule has 192 valence electrons. The van der Waals surface area contributed by atoms with Crippen LogP contribution in [0.2, 0.25) is 5.02 Å². The number of piperazine rings is 1. The van der Waals surface area contributed by atoms with Gasteiger partial charge in [-0.3, -0.25) is 4.79 Å². The van der Waals surface area contributed by atoms with Gasteiger partial charge in [-0.15, -0.1) is 0 Å². The number of fused-ring (bicyclic) bond motifs is 1. The molecule has 0 saturated carbocycles. The molecule has 1 aliphatic rings. The number of pyridine rings is 1. The molecule has 0 bridgehead atoms. The highest BCUT2D eigenvalue weighted by molar-refractivity contribution is 6.30. The van der Waals surface area contributed by atoms with Crippen molar-refractivity contribution < 1.29 is 4.79 Å². The van der Waals surface area contributed by atoms with Crippen LogP contribution in [0, 0.1) is 6.92 Å². The largest absolute Gasteiger partial charge is 0.367 e. The zero-order valence-corrected chi connectivity index (χ0v) is 22.4. The molecular formula is C30H34ClN5O. The van der Waals surface area contributed by atoms with Gasteiger partial charge in [0.15, 0.2) is 0 Å². The molecule has 4 aromatic rings. The van der Waals surface area contributed by atoms with Crippen LogP contribution in [0.25, 0.3) is 22.2 Å². The highest BCUT2D eigenvalue weighted by atomic mass is 35.5. The van der Waals surface area contributed by atoms with Crippen molar-refractivity contribution in [1.29, 1.82) is 0 Å². The number of amides is 1. The van der Waals surface area contributed by atoms with Crippen LogP contribution in [0.5, 0.6) is 0 Å². The summed E-state index contributed by atoms with van der Waals surface area (Å²) < 4.78 is 0. The Hall–Kier alpha value is -3.35. The number of carbonyl (C=O) groups excluding carboxylic acids is 1. The number of rotatable bonds is 7. The third kappa shape index (κ3) is 5.36. The molecule has 1 amide bonds. The smallest absolute Gasteiger partial charge is 0.231 e. The molecule has 0 spiro atoms. The maximum Gasteiger partial charge on any atom is 0.231 e. The van der Waals surface area contributed by atoms with Gasteiger partial charge in [-0.25, -0.2) is 4.98 Å². The second-order valence-corrected chi connectivity index (χ2v) is 10.5. The second-order valence-electron chi connectivity index (χ2n) is 10.1. The molecular weight excluding hydrogens is 482 g/mol. The van der Waals surface area contributed by atoms with Crippen molar-refractivity contribution in [3.63, 3.8) is 0 Å². The molecule has 2 aromatic carbocycles. The third-order valence-corrected chi connectivity index (χ3v) is 7.42. The fourth-order valence-electron chi connectivity index (χ4n) is 5.16. The van der Waals surface area contributed by atoms with Crippen LogP contribution in [0.3, 0.4) is 0 Å². The molecule has 2 N–H and O–H groups in total. The van der Waals surface area contributed by atoms with E-state index in [-0.39, 0.29) is 11.8 Å². The number of nitrogens with zero attached hydrogens (tertiary/aromatic N) is 3. The lowest BCUT2D eigenvalue weighted by molar-refractivity contribution is -0.133. The lowest BCUT2D eigenvalue weighted by Gasteiger charge is -2.39. The van der Waals surface area contributed by atoms with E-state index >= 15 is 0 Å². The number of nitrogens with one attached hydrogen (secondary N) is 2. The van der Waals surface area contributed by atoms with Gasteiger partial charge in [0.25, 0.3) is 0 Å². The first-order valence-corrected chi connectivity index (χ1v) is 13.3. The first kappa shape index (κ1) is 25.3. The first-order chi connectivity index (χ1) is 17.9. The molecule has 3 heterocycles. The van der Waals surface area contributed by atoms with Crippen molar-refractivity contribution in [2.75, 3.05) is 37.6 Å². The Morgan fingerprint density at radius 2 is 1.76 bits per heavy atom. The summed E-state index contributed by atoms with van der Waals surface area (Å²) in [6, 6.07) is 18.4. The van der Waals surface area contributed by atoms with Crippen molar-refractivity contribution in [3.05, 3.63) is 83.1 Å². The number of aryl methyl sites for hydroxylation is 1. The molecule has 1 aliphatic heterocycles. The molecule has 5 rings (SSSR count). The second kappa shape index (κ2) is 11.0. The Labute approximate surface area is 223 Å². The summed E-state index contributed by atoms with van der Waals surface area (Å²) >= 11 is 6.12. The number of aromatic amines is 1. The Morgan fingerprint density at radius 3 is 2.43 bits per heavy atom. The fraction of sp³-hybridized carbons (Fsp3) is 0.333. The van der Waals surface area contributed by atoms with Crippen LogP contribution in [-0.4, -0.2) is 59.5 Å². The maximum atomic E-state index is 13.8. The molecule has 0 radical (unpaired) electrons. The van der Waals surface area contributed by atoms with Gasteiger partial charge in [0.1, 0.15) is 5.65 Å². The van der Waals surface area contributed by atoms with Crippen LogP contribution in [0.15, 0.2) is 67.0 Å². The quantitative estimate of drug-likeness (QED) is 0.335. The highest BCUT2D eigenvalue weighted by Gasteiger charge is 2.30. The van der Waals surface area contributed by atoms with E-state index in [1.54, 1.807) is 0 Å². The third-order valence-electron chi connectivity index (χ3n) is 7.16. The van der Waals surface area contributed by atoms with Crippen LogP contribution in [-0.2, 0) is 4.79 Å². The molecule has 1 fully saturated rings. The van der Waals surface area contributed by atoms with Gasteiger partial charge in [0.2, 0.25) is 5.91 Å². The Kier molecular flexibility index (Phi) is 7.49. The van der Waals surface area contributed by atoms with Crippen LogP contribution in [0.4, 0.5) is 5.69 Å². The number of hydrogen-bond donors (Lipinski definition) is 2. The molecule has 1 atom stereocenters. The minimum absolute atomic E-state index is 0.163. The van der Waals surface area contributed by atoms with E-state index in [4.69, 9.17) is 16.6 Å². The monoisotopic (exact) mass is 515 g/mol. The zero-order chi connectivity index (χ0) is 25.9. The Bertz CT molecular complexity index is 1360. The summed E-state index contributed by atoms with van der Waals surface area (Å²) in [6.07, 6.45) is 3.99. The molecule has 7 heteroatoms. The first-order valence-electron chi connectivity index (χ1n) is 13.0. The lowest BCUT2D eigenvalue weighted by atomic mass is 9.96. The van der Waals surface area contributed by atoms with Crippen molar-refractivity contribution in [3.8, 4) is 11.1 Å². The van der Waals surface area contributed by atoms with Crippen molar-refractivity contribution in [1.82, 2.24) is 20.2 Å². The molecule has 1 unspecified atom stereocenters. The van der Waals surface area contributed by atoms with E-state index in [1.807, 2.05) is 47.6 Å². The van der Waals surface area contributed by atoms with Crippen LogP contribution in [0.1, 0.15) is 30.9 Å². The summed E-state index contributed by atoms with van der Waals surface area (Å²) in [5.41, 5.74) is 6.53. The standard InChI is InChI=1S/C30H34ClN5O/c1-20(2)32-19-26(23-9-11-24(31)12-10-23)30(37)36-15-13-35(14-16-36)28-25(22-7-5-4-6-8-22)18-34-29-27(28)21(3)17-33-29/h4-12,17-18,20,26,32H,13-16,19H2,1-3H3,(H,33,34). The van der Waals surface area contributed by atoms with E-state index in [0.29, 0.717) is 30.7 Å². The van der Waals surface area contributed by atoms with Gasteiger partial charge in [-0.05, 0) is 35.7 Å². The number of hydrogen-bond acceptors (Lipinski definition) is 4. The van der Waals surface area contributed by atoms with Crippen molar-refractivity contribution in [2.24, 2.45) is 0 Å². The maximum absolute atomic E-state index is 13.8. The minimum atomic E-state index is -0.245. The average molecular weight is 516 g/mol. The fourth-order valence-corrected chi connectivity index (χ4v) is 5.28. The Morgan fingerprint density at radius 1 is 1.05 bits per heavy atom. The normalized spacial score (nSPS) is 14.9. The molecule has 6 nitrogen and oxygen atoms in total. The van der Waals surface area contributed by atoms with Gasteiger partial charge in [0.05, 0.1) is 11.6 Å².